The molecule has 0 fully saturated rings. The highest BCUT2D eigenvalue weighted by Crippen LogP contribution is 2.29. The van der Waals surface area contributed by atoms with Gasteiger partial charge in [0.25, 0.3) is 5.91 Å². The number of carbonyl (C=O) groups is 3. The third-order valence-corrected chi connectivity index (χ3v) is 8.45. The number of carbonyl (C=O) groups excluding carboxylic acids is 3. The molecule has 0 saturated heterocycles. The molecule has 232 valence electrons. The molecule has 3 amide bonds. The van der Waals surface area contributed by atoms with E-state index >= 15 is 0 Å². The van der Waals surface area contributed by atoms with Crippen molar-refractivity contribution in [3.05, 3.63) is 47.5 Å². The molecule has 0 heterocycles. The molecule has 0 aliphatic heterocycles. The maximum Gasteiger partial charge on any atom is 0.260 e. The Morgan fingerprint density at radius 1 is 1.02 bits per heavy atom. The number of amides is 3. The van der Waals surface area contributed by atoms with Gasteiger partial charge in [-0.1, -0.05) is 84.9 Å². The Morgan fingerprint density at radius 2 is 1.59 bits per heavy atom. The monoisotopic (exact) mass is 594 g/mol. The van der Waals surface area contributed by atoms with Gasteiger partial charge >= 0.3 is 0 Å². The van der Waals surface area contributed by atoms with E-state index in [0.717, 1.165) is 5.56 Å². The summed E-state index contributed by atoms with van der Waals surface area (Å²) >= 11 is 0. The molecule has 11 heteroatoms. The summed E-state index contributed by atoms with van der Waals surface area (Å²) in [6.45, 7) is 14.8. The molecule has 3 atom stereocenters. The van der Waals surface area contributed by atoms with Crippen molar-refractivity contribution in [3.63, 3.8) is 0 Å². The minimum absolute atomic E-state index is 0.0475. The molecule has 1 aromatic carbocycles. The van der Waals surface area contributed by atoms with Crippen molar-refractivity contribution in [2.75, 3.05) is 33.6 Å². The van der Waals surface area contributed by atoms with Crippen LogP contribution in [0.25, 0.3) is 0 Å². The van der Waals surface area contributed by atoms with E-state index in [1.54, 1.807) is 20.2 Å². The summed E-state index contributed by atoms with van der Waals surface area (Å²) in [5.74, 6) is -1.87. The van der Waals surface area contributed by atoms with E-state index in [0.29, 0.717) is 0 Å². The lowest BCUT2D eigenvalue weighted by molar-refractivity contribution is -0.140. The standard InChI is InChI=1S/C30H50N4O6S/c1-20(2)23(19-21(3)26(35)33-41(38,39)18-17-40-11)34(10)28(37)25(29(4,5)6)32-27(36)24(31-9)30(7,8)22-15-13-12-14-16-22/h12-16,19-20,23-25,31H,17-18H2,1-11H3,(H,32,36)(H,33,35)/b21-19+/t23-,24-,25?/m1/s1. The molecule has 41 heavy (non-hydrogen) atoms. The second-order valence-corrected chi connectivity index (χ2v) is 14.2. The molecule has 0 radical (unpaired) electrons. The number of likely N-dealkylation sites (N-methyl/N-ethyl adjacent to an activating group) is 2. The zero-order valence-corrected chi connectivity index (χ0v) is 27.3. The van der Waals surface area contributed by atoms with Crippen LogP contribution in [0.15, 0.2) is 42.0 Å². The normalized spacial score (nSPS) is 15.2. The molecule has 1 rings (SSSR count). The predicted octanol–water partition coefficient (Wildman–Crippen LogP) is 2.60. The molecular weight excluding hydrogens is 544 g/mol. The number of hydrogen-bond acceptors (Lipinski definition) is 7. The quantitative estimate of drug-likeness (QED) is 0.282. The lowest BCUT2D eigenvalue weighted by atomic mass is 9.76. The second kappa shape index (κ2) is 14.9. The SMILES string of the molecule is CN[C@H](C(=O)NC(C(=O)N(C)[C@H](/C=C(\C)C(=O)NS(=O)(=O)CCOC)C(C)C)C(C)(C)C)C(C)(C)c1ccccc1. The number of nitrogens with zero attached hydrogens (tertiary/aromatic N) is 1. The van der Waals surface area contributed by atoms with Gasteiger partial charge in [-0.05, 0) is 30.9 Å². The number of benzene rings is 1. The number of hydrogen-bond donors (Lipinski definition) is 3. The zero-order valence-electron chi connectivity index (χ0n) is 26.5. The Kier molecular flexibility index (Phi) is 13.2. The fourth-order valence-corrected chi connectivity index (χ4v) is 5.56. The summed E-state index contributed by atoms with van der Waals surface area (Å²) in [7, 11) is 0.848. The summed E-state index contributed by atoms with van der Waals surface area (Å²) in [4.78, 5) is 41.8. The Morgan fingerprint density at radius 3 is 2.05 bits per heavy atom. The maximum absolute atomic E-state index is 14.0. The van der Waals surface area contributed by atoms with E-state index in [2.05, 4.69) is 10.6 Å². The molecule has 0 aliphatic carbocycles. The van der Waals surface area contributed by atoms with E-state index in [4.69, 9.17) is 4.74 Å². The van der Waals surface area contributed by atoms with Crippen molar-refractivity contribution >= 4 is 27.7 Å². The molecular formula is C30H50N4O6S. The van der Waals surface area contributed by atoms with Gasteiger partial charge < -0.3 is 20.3 Å². The lowest BCUT2D eigenvalue weighted by Crippen LogP contribution is -2.61. The number of sulfonamides is 1. The van der Waals surface area contributed by atoms with Crippen molar-refractivity contribution in [2.24, 2.45) is 11.3 Å². The van der Waals surface area contributed by atoms with Gasteiger partial charge in [0.15, 0.2) is 0 Å². The predicted molar refractivity (Wildman–Crippen MR) is 163 cm³/mol. The Labute approximate surface area is 246 Å². The lowest BCUT2D eigenvalue weighted by Gasteiger charge is -2.40. The van der Waals surface area contributed by atoms with Crippen LogP contribution in [0, 0.1) is 11.3 Å². The van der Waals surface area contributed by atoms with Gasteiger partial charge in [-0.15, -0.1) is 0 Å². The van der Waals surface area contributed by atoms with Gasteiger partial charge in [0.2, 0.25) is 21.8 Å². The molecule has 0 spiro atoms. The van der Waals surface area contributed by atoms with E-state index < -0.39 is 44.9 Å². The maximum atomic E-state index is 14.0. The van der Waals surface area contributed by atoms with Crippen LogP contribution in [0.4, 0.5) is 0 Å². The third-order valence-electron chi connectivity index (χ3n) is 7.25. The van der Waals surface area contributed by atoms with Crippen molar-refractivity contribution in [2.45, 2.75) is 78.9 Å². The van der Waals surface area contributed by atoms with Crippen LogP contribution in [-0.4, -0.2) is 82.7 Å². The van der Waals surface area contributed by atoms with Crippen molar-refractivity contribution in [3.8, 4) is 0 Å². The van der Waals surface area contributed by atoms with E-state index in [9.17, 15) is 22.8 Å². The van der Waals surface area contributed by atoms with E-state index in [-0.39, 0.29) is 35.7 Å². The fraction of sp³-hybridized carbons (Fsp3) is 0.633. The van der Waals surface area contributed by atoms with Gasteiger partial charge in [0, 0.05) is 25.1 Å². The highest BCUT2D eigenvalue weighted by atomic mass is 32.2. The smallest absolute Gasteiger partial charge is 0.260 e. The number of methoxy groups -OCH3 is 1. The van der Waals surface area contributed by atoms with Crippen molar-refractivity contribution < 1.29 is 27.5 Å². The van der Waals surface area contributed by atoms with Crippen LogP contribution in [-0.2, 0) is 34.6 Å². The topological polar surface area (TPSA) is 134 Å². The van der Waals surface area contributed by atoms with Crippen molar-refractivity contribution in [1.82, 2.24) is 20.3 Å². The first-order chi connectivity index (χ1) is 18.8. The minimum Gasteiger partial charge on any atom is -0.384 e. The van der Waals surface area contributed by atoms with Crippen LogP contribution >= 0.6 is 0 Å². The summed E-state index contributed by atoms with van der Waals surface area (Å²) in [6.07, 6.45) is 1.58. The number of nitrogens with one attached hydrogen (secondary N) is 3. The van der Waals surface area contributed by atoms with E-state index in [1.165, 1.54) is 18.9 Å². The number of ether oxygens (including phenoxy) is 1. The van der Waals surface area contributed by atoms with Gasteiger partial charge in [-0.3, -0.25) is 14.4 Å². The van der Waals surface area contributed by atoms with E-state index in [1.807, 2.05) is 83.5 Å². The summed E-state index contributed by atoms with van der Waals surface area (Å²) in [5.41, 5.74) is -0.0772. The molecule has 0 saturated carbocycles. The summed E-state index contributed by atoms with van der Waals surface area (Å²) in [6, 6.07) is 7.67. The van der Waals surface area contributed by atoms with Crippen LogP contribution in [0.1, 0.15) is 61.0 Å². The molecule has 1 aromatic rings. The van der Waals surface area contributed by atoms with Gasteiger partial charge in [-0.25, -0.2) is 13.1 Å². The minimum atomic E-state index is -3.87. The molecule has 3 N–H and O–H groups in total. The van der Waals surface area contributed by atoms with Gasteiger partial charge in [-0.2, -0.15) is 0 Å². The second-order valence-electron chi connectivity index (χ2n) is 12.4. The molecule has 0 bridgehead atoms. The molecule has 0 aromatic heterocycles. The molecule has 1 unspecified atom stereocenters. The molecule has 10 nitrogen and oxygen atoms in total. The highest BCUT2D eigenvalue weighted by Gasteiger charge is 2.41. The first kappa shape index (κ1) is 36.3. The Bertz CT molecular complexity index is 1170. The average Bonchev–Trinajstić information content (AvgIpc) is 2.87. The first-order valence-electron chi connectivity index (χ1n) is 13.8. The summed E-state index contributed by atoms with van der Waals surface area (Å²) < 4.78 is 31.2. The summed E-state index contributed by atoms with van der Waals surface area (Å²) in [5, 5.41) is 6.13. The van der Waals surface area contributed by atoms with Crippen LogP contribution < -0.4 is 15.4 Å². The van der Waals surface area contributed by atoms with Crippen LogP contribution in [0.2, 0.25) is 0 Å². The first-order valence-corrected chi connectivity index (χ1v) is 15.5. The molecule has 0 aliphatic rings. The average molecular weight is 595 g/mol. The van der Waals surface area contributed by atoms with Crippen LogP contribution in [0.5, 0.6) is 0 Å². The Hall–Kier alpha value is -2.76. The zero-order chi connectivity index (χ0) is 31.8. The highest BCUT2D eigenvalue weighted by molar-refractivity contribution is 7.90. The fourth-order valence-electron chi connectivity index (χ4n) is 4.63. The van der Waals surface area contributed by atoms with Crippen molar-refractivity contribution in [1.29, 1.82) is 0 Å². The largest absolute Gasteiger partial charge is 0.384 e. The Balaban J connectivity index is 3.28. The van der Waals surface area contributed by atoms with Gasteiger partial charge in [0.05, 0.1) is 24.4 Å². The number of rotatable bonds is 14. The van der Waals surface area contributed by atoms with Crippen LogP contribution in [0.3, 0.4) is 0 Å². The third kappa shape index (κ3) is 10.2. The van der Waals surface area contributed by atoms with Gasteiger partial charge in [0.1, 0.15) is 6.04 Å².